The minimum atomic E-state index is -0.165. The number of aliphatic hydroxyl groups excluding tert-OH is 1. The lowest BCUT2D eigenvalue weighted by Crippen LogP contribution is -2.64. The molecule has 0 aromatic heterocycles. The van der Waals surface area contributed by atoms with Crippen LogP contribution >= 0.6 is 0 Å². The summed E-state index contributed by atoms with van der Waals surface area (Å²) in [6.07, 6.45) is 15.0. The Kier molecular flexibility index (Phi) is 9.15. The number of fused-ring (bicyclic) bond motifs is 7. The fourth-order valence-corrected chi connectivity index (χ4v) is 12.3. The maximum absolute atomic E-state index is 11.1. The van der Waals surface area contributed by atoms with Gasteiger partial charge in [-0.15, -0.1) is 5.11 Å². The summed E-state index contributed by atoms with van der Waals surface area (Å²) in [4.78, 5) is 0. The molecule has 0 amide bonds. The molecule has 1 aromatic carbocycles. The van der Waals surface area contributed by atoms with Crippen molar-refractivity contribution < 1.29 is 9.84 Å². The van der Waals surface area contributed by atoms with Crippen molar-refractivity contribution >= 4 is 5.69 Å². The zero-order valence-corrected chi connectivity index (χ0v) is 31.7. The molecule has 0 unspecified atom stereocenters. The lowest BCUT2D eigenvalue weighted by molar-refractivity contribution is -0.203. The van der Waals surface area contributed by atoms with Crippen LogP contribution in [0.1, 0.15) is 138 Å². The predicted octanol–water partition coefficient (Wildman–Crippen LogP) is 11.0. The third kappa shape index (κ3) is 5.66. The second-order valence-corrected chi connectivity index (χ2v) is 18.8. The SMILES string of the molecule is CCN(CC)N=Nc1cc(C)ccc1COC[C@@]1(C)CC[C@]2(C)CC[C@]3(C)C(=CC[C@@H]4[C@@]5(C)CC[C@H](O)C(C)(C)[C@@H]5CC[C@]43C)[C@@H]2C1. The molecule has 4 saturated carbocycles. The standard InChI is InChI=1S/C42H67N3O2/c1-11-45(12-2)44-43-33-25-29(3)13-14-30(33)27-47-28-38(6)21-22-39(7)23-24-41(9)31(32(39)26-38)15-16-35-40(8)19-18-36(46)37(4,5)34(40)17-20-42(35,41)10/h13-15,25,32,34-36,46H,11-12,16-24,26-28H2,1-10H3/t32-,34-,35+,36-,38-,39+,40-,41+,42+/m0/s1. The molecular weight excluding hydrogens is 578 g/mol. The highest BCUT2D eigenvalue weighted by molar-refractivity contribution is 5.47. The molecule has 262 valence electrons. The zero-order valence-electron chi connectivity index (χ0n) is 31.7. The Morgan fingerprint density at radius 2 is 1.62 bits per heavy atom. The van der Waals surface area contributed by atoms with Crippen molar-refractivity contribution in [3.63, 3.8) is 0 Å². The number of benzene rings is 1. The number of allylic oxidation sites excluding steroid dienone is 2. The van der Waals surface area contributed by atoms with Crippen molar-refractivity contribution in [1.82, 2.24) is 5.01 Å². The van der Waals surface area contributed by atoms with Gasteiger partial charge < -0.3 is 9.84 Å². The summed E-state index contributed by atoms with van der Waals surface area (Å²) in [7, 11) is 0. The number of aryl methyl sites for hydroxylation is 1. The largest absolute Gasteiger partial charge is 0.393 e. The van der Waals surface area contributed by atoms with E-state index in [-0.39, 0.29) is 22.3 Å². The van der Waals surface area contributed by atoms with Gasteiger partial charge in [0.1, 0.15) is 0 Å². The summed E-state index contributed by atoms with van der Waals surface area (Å²) in [5, 5.41) is 22.2. The van der Waals surface area contributed by atoms with E-state index in [0.29, 0.717) is 40.6 Å². The number of aliphatic hydroxyl groups is 1. The minimum absolute atomic E-state index is 0.00309. The lowest BCUT2D eigenvalue weighted by Gasteiger charge is -2.71. The third-order valence-corrected chi connectivity index (χ3v) is 15.9. The van der Waals surface area contributed by atoms with Crippen LogP contribution < -0.4 is 0 Å². The molecule has 6 rings (SSSR count). The highest BCUT2D eigenvalue weighted by Crippen LogP contribution is 2.75. The maximum atomic E-state index is 11.1. The average molecular weight is 646 g/mol. The van der Waals surface area contributed by atoms with Crippen molar-refractivity contribution in [1.29, 1.82) is 0 Å². The number of rotatable bonds is 8. The normalized spacial score (nSPS) is 42.6. The molecule has 1 N–H and O–H groups in total. The Bertz CT molecular complexity index is 1380. The fourth-order valence-electron chi connectivity index (χ4n) is 12.3. The highest BCUT2D eigenvalue weighted by Gasteiger charge is 2.67. The van der Waals surface area contributed by atoms with Gasteiger partial charge in [-0.05, 0) is 147 Å². The molecule has 0 heterocycles. The Labute approximate surface area is 287 Å². The van der Waals surface area contributed by atoms with E-state index >= 15 is 0 Å². The van der Waals surface area contributed by atoms with Gasteiger partial charge in [0, 0.05) is 18.7 Å². The summed E-state index contributed by atoms with van der Waals surface area (Å²) >= 11 is 0. The second-order valence-electron chi connectivity index (χ2n) is 18.8. The Hall–Kier alpha value is -1.72. The van der Waals surface area contributed by atoms with Crippen LogP contribution in [0.2, 0.25) is 0 Å². The van der Waals surface area contributed by atoms with Gasteiger partial charge in [0.05, 0.1) is 25.0 Å². The van der Waals surface area contributed by atoms with Gasteiger partial charge in [-0.2, -0.15) is 0 Å². The molecule has 0 bridgehead atoms. The number of hydrogen-bond donors (Lipinski definition) is 1. The van der Waals surface area contributed by atoms with Crippen molar-refractivity contribution in [3.8, 4) is 0 Å². The Morgan fingerprint density at radius 1 is 0.894 bits per heavy atom. The van der Waals surface area contributed by atoms with E-state index in [1.54, 1.807) is 0 Å². The van der Waals surface area contributed by atoms with Crippen molar-refractivity contribution in [2.75, 3.05) is 19.7 Å². The van der Waals surface area contributed by atoms with E-state index in [1.807, 2.05) is 10.6 Å². The molecule has 5 heteroatoms. The lowest BCUT2D eigenvalue weighted by atomic mass is 9.33. The Balaban J connectivity index is 1.21. The quantitative estimate of drug-likeness (QED) is 0.174. The number of ether oxygens (including phenoxy) is 1. The third-order valence-electron chi connectivity index (χ3n) is 15.9. The molecular formula is C42H67N3O2. The first kappa shape index (κ1) is 35.1. The fraction of sp³-hybridized carbons (Fsp3) is 0.810. The van der Waals surface area contributed by atoms with Gasteiger partial charge in [-0.3, -0.25) is 5.01 Å². The molecule has 0 aliphatic heterocycles. The summed E-state index contributed by atoms with van der Waals surface area (Å²) < 4.78 is 6.63. The van der Waals surface area contributed by atoms with Gasteiger partial charge in [-0.25, -0.2) is 0 Å². The van der Waals surface area contributed by atoms with Crippen LogP contribution in [0.3, 0.4) is 0 Å². The van der Waals surface area contributed by atoms with E-state index in [4.69, 9.17) is 4.74 Å². The monoisotopic (exact) mass is 646 g/mol. The highest BCUT2D eigenvalue weighted by atomic mass is 16.5. The molecule has 1 aromatic rings. The first-order valence-electron chi connectivity index (χ1n) is 19.3. The first-order valence-corrected chi connectivity index (χ1v) is 19.3. The molecule has 5 aliphatic carbocycles. The van der Waals surface area contributed by atoms with E-state index in [1.165, 1.54) is 63.4 Å². The number of hydrogen-bond acceptors (Lipinski definition) is 4. The van der Waals surface area contributed by atoms with Crippen molar-refractivity contribution in [3.05, 3.63) is 41.0 Å². The smallest absolute Gasteiger partial charge is 0.0932 e. The van der Waals surface area contributed by atoms with Crippen LogP contribution in [0.25, 0.3) is 0 Å². The Morgan fingerprint density at radius 3 is 2.34 bits per heavy atom. The molecule has 4 fully saturated rings. The van der Waals surface area contributed by atoms with Crippen molar-refractivity contribution in [2.45, 2.75) is 146 Å². The molecule has 0 saturated heterocycles. The van der Waals surface area contributed by atoms with Crippen LogP contribution in [-0.2, 0) is 11.3 Å². The van der Waals surface area contributed by atoms with Gasteiger partial charge in [0.25, 0.3) is 0 Å². The zero-order chi connectivity index (χ0) is 34.0. The molecule has 5 nitrogen and oxygen atoms in total. The van der Waals surface area contributed by atoms with Gasteiger partial charge >= 0.3 is 0 Å². The van der Waals surface area contributed by atoms with Crippen molar-refractivity contribution in [2.24, 2.45) is 60.6 Å². The van der Waals surface area contributed by atoms with Gasteiger partial charge in [-0.1, -0.05) is 77.5 Å². The summed E-state index contributed by atoms with van der Waals surface area (Å²) in [6.45, 7) is 27.3. The van der Waals surface area contributed by atoms with E-state index in [2.05, 4.69) is 104 Å². The van der Waals surface area contributed by atoms with Crippen LogP contribution in [0.15, 0.2) is 40.2 Å². The topological polar surface area (TPSA) is 57.4 Å². The molecule has 0 radical (unpaired) electrons. The van der Waals surface area contributed by atoms with Crippen LogP contribution in [0.5, 0.6) is 0 Å². The van der Waals surface area contributed by atoms with Crippen LogP contribution in [0.4, 0.5) is 5.69 Å². The summed E-state index contributed by atoms with van der Waals surface area (Å²) in [6, 6.07) is 6.47. The predicted molar refractivity (Wildman–Crippen MR) is 193 cm³/mol. The molecule has 5 aliphatic rings. The van der Waals surface area contributed by atoms with E-state index in [0.717, 1.165) is 37.4 Å². The maximum Gasteiger partial charge on any atom is 0.0932 e. The molecule has 9 atom stereocenters. The number of nitrogens with zero attached hydrogens (tertiary/aromatic N) is 3. The van der Waals surface area contributed by atoms with Gasteiger partial charge in [0.15, 0.2) is 0 Å². The average Bonchev–Trinajstić information content (AvgIpc) is 3.02. The summed E-state index contributed by atoms with van der Waals surface area (Å²) in [5.74, 6) is 1.93. The van der Waals surface area contributed by atoms with Gasteiger partial charge in [0.2, 0.25) is 0 Å². The second kappa shape index (κ2) is 12.3. The first-order chi connectivity index (χ1) is 22.1. The minimum Gasteiger partial charge on any atom is -0.393 e. The van der Waals surface area contributed by atoms with Crippen LogP contribution in [0, 0.1) is 57.2 Å². The van der Waals surface area contributed by atoms with Crippen LogP contribution in [-0.4, -0.2) is 35.9 Å². The summed E-state index contributed by atoms with van der Waals surface area (Å²) in [5.41, 5.74) is 6.49. The molecule has 0 spiro atoms. The molecule has 47 heavy (non-hydrogen) atoms. The van der Waals surface area contributed by atoms with E-state index in [9.17, 15) is 5.11 Å². The van der Waals surface area contributed by atoms with E-state index < -0.39 is 0 Å².